The van der Waals surface area contributed by atoms with Crippen molar-refractivity contribution < 1.29 is 9.66 Å². The summed E-state index contributed by atoms with van der Waals surface area (Å²) in [6, 6.07) is 10.9. The smallest absolute Gasteiger partial charge is 0.273 e. The Labute approximate surface area is 150 Å². The highest BCUT2D eigenvalue weighted by molar-refractivity contribution is 6.31. The fourth-order valence-electron chi connectivity index (χ4n) is 3.95. The van der Waals surface area contributed by atoms with Crippen LogP contribution in [0.5, 0.6) is 5.75 Å². The molecule has 25 heavy (non-hydrogen) atoms. The van der Waals surface area contributed by atoms with Gasteiger partial charge in [-0.1, -0.05) is 42.0 Å². The first-order chi connectivity index (χ1) is 12.1. The molecule has 0 amide bonds. The number of ether oxygens (including phenoxy) is 1. The summed E-state index contributed by atoms with van der Waals surface area (Å²) in [5, 5.41) is 15.5. The topological polar surface area (TPSA) is 64.4 Å². The van der Waals surface area contributed by atoms with E-state index in [4.69, 9.17) is 16.3 Å². The van der Waals surface area contributed by atoms with Gasteiger partial charge in [-0.15, -0.1) is 0 Å². The molecule has 0 aromatic heterocycles. The number of methoxy groups -OCH3 is 1. The van der Waals surface area contributed by atoms with Crippen LogP contribution in [0.1, 0.15) is 29.5 Å². The summed E-state index contributed by atoms with van der Waals surface area (Å²) < 4.78 is 5.44. The second kappa shape index (κ2) is 6.08. The van der Waals surface area contributed by atoms with E-state index < -0.39 is 0 Å². The Hall–Kier alpha value is -2.53. The molecule has 2 aromatic carbocycles. The lowest BCUT2D eigenvalue weighted by molar-refractivity contribution is -0.385. The number of nitrogens with one attached hydrogen (secondary N) is 1. The van der Waals surface area contributed by atoms with Gasteiger partial charge in [0, 0.05) is 17.0 Å². The molecule has 0 radical (unpaired) electrons. The number of nitro benzene ring substituents is 1. The average molecular weight is 357 g/mol. The fourth-order valence-corrected chi connectivity index (χ4v) is 4.21. The van der Waals surface area contributed by atoms with Gasteiger partial charge in [-0.2, -0.15) is 0 Å². The molecule has 0 saturated carbocycles. The third kappa shape index (κ3) is 2.55. The summed E-state index contributed by atoms with van der Waals surface area (Å²) in [4.78, 5) is 10.9. The number of halogens is 1. The van der Waals surface area contributed by atoms with Crippen LogP contribution in [-0.2, 0) is 0 Å². The van der Waals surface area contributed by atoms with E-state index in [0.29, 0.717) is 5.75 Å². The Bertz CT molecular complexity index is 881. The van der Waals surface area contributed by atoms with Gasteiger partial charge in [0.05, 0.1) is 29.8 Å². The number of anilines is 1. The minimum absolute atomic E-state index is 0.0246. The molecule has 2 aromatic rings. The van der Waals surface area contributed by atoms with Gasteiger partial charge >= 0.3 is 0 Å². The Kier molecular flexibility index (Phi) is 3.88. The van der Waals surface area contributed by atoms with Gasteiger partial charge in [-0.05, 0) is 29.5 Å². The second-order valence-electron chi connectivity index (χ2n) is 6.37. The molecule has 1 aliphatic carbocycles. The van der Waals surface area contributed by atoms with E-state index in [1.807, 2.05) is 24.3 Å². The summed E-state index contributed by atoms with van der Waals surface area (Å²) in [6.07, 6.45) is 5.18. The first-order valence-corrected chi connectivity index (χ1v) is 8.52. The third-order valence-electron chi connectivity index (χ3n) is 5.09. The molecule has 0 fully saturated rings. The van der Waals surface area contributed by atoms with Gasteiger partial charge in [-0.25, -0.2) is 0 Å². The van der Waals surface area contributed by atoms with Gasteiger partial charge in [0.1, 0.15) is 5.75 Å². The number of benzene rings is 2. The highest BCUT2D eigenvalue weighted by Gasteiger charge is 2.40. The highest BCUT2D eigenvalue weighted by Crippen LogP contribution is 2.53. The molecule has 3 atom stereocenters. The monoisotopic (exact) mass is 356 g/mol. The molecule has 2 aliphatic rings. The fraction of sp³-hybridized carbons (Fsp3) is 0.263. The van der Waals surface area contributed by atoms with Gasteiger partial charge in [-0.3, -0.25) is 10.1 Å². The number of non-ortho nitro benzene ring substituents is 1. The lowest BCUT2D eigenvalue weighted by Crippen LogP contribution is -2.29. The van der Waals surface area contributed by atoms with Crippen LogP contribution in [0.3, 0.4) is 0 Å². The van der Waals surface area contributed by atoms with Crippen molar-refractivity contribution in [3.63, 3.8) is 0 Å². The molecule has 0 unspecified atom stereocenters. The Balaban J connectivity index is 1.87. The molecule has 128 valence electrons. The zero-order valence-corrected chi connectivity index (χ0v) is 14.4. The van der Waals surface area contributed by atoms with Crippen LogP contribution in [0.15, 0.2) is 48.6 Å². The first-order valence-electron chi connectivity index (χ1n) is 8.14. The van der Waals surface area contributed by atoms with Crippen LogP contribution in [0, 0.1) is 16.0 Å². The standard InChI is InChI=1S/C19H17ClN2O3/c1-25-17-10-11(22(23)24)9-15-12-6-4-7-13(12)18(21-19(15)17)14-5-2-3-8-16(14)20/h2-6,8-10,12-13,18,21H,7H2,1H3/t12-,13-,18-/m1/s1. The van der Waals surface area contributed by atoms with Gasteiger partial charge in [0.15, 0.2) is 0 Å². The maximum absolute atomic E-state index is 11.3. The molecule has 5 nitrogen and oxygen atoms in total. The summed E-state index contributed by atoms with van der Waals surface area (Å²) in [5.41, 5.74) is 2.81. The van der Waals surface area contributed by atoms with Crippen molar-refractivity contribution in [3.05, 3.63) is 74.8 Å². The molecule has 1 heterocycles. The molecule has 1 N–H and O–H groups in total. The first kappa shape index (κ1) is 16.0. The largest absolute Gasteiger partial charge is 0.494 e. The Morgan fingerprint density at radius 2 is 2.08 bits per heavy atom. The number of fused-ring (bicyclic) bond motifs is 3. The Morgan fingerprint density at radius 3 is 2.80 bits per heavy atom. The molecular formula is C19H17ClN2O3. The van der Waals surface area contributed by atoms with Crippen molar-refractivity contribution in [1.82, 2.24) is 0 Å². The molecule has 0 spiro atoms. The minimum Gasteiger partial charge on any atom is -0.494 e. The van der Waals surface area contributed by atoms with Gasteiger partial charge in [0.25, 0.3) is 5.69 Å². The van der Waals surface area contributed by atoms with Crippen molar-refractivity contribution in [2.24, 2.45) is 5.92 Å². The SMILES string of the molecule is COc1cc([N+](=O)[O-])cc2c1N[C@@H](c1ccccc1Cl)[C@@H]1CC=C[C@@H]21. The van der Waals surface area contributed by atoms with E-state index in [1.165, 1.54) is 13.2 Å². The van der Waals surface area contributed by atoms with E-state index in [1.54, 1.807) is 6.07 Å². The average Bonchev–Trinajstić information content (AvgIpc) is 3.10. The summed E-state index contributed by atoms with van der Waals surface area (Å²) in [6.45, 7) is 0. The highest BCUT2D eigenvalue weighted by atomic mass is 35.5. The van der Waals surface area contributed by atoms with Crippen LogP contribution >= 0.6 is 11.6 Å². The molecule has 4 rings (SSSR count). The van der Waals surface area contributed by atoms with Gasteiger partial charge in [0.2, 0.25) is 0 Å². The number of nitro groups is 1. The number of hydrogen-bond donors (Lipinski definition) is 1. The predicted octanol–water partition coefficient (Wildman–Crippen LogP) is 5.08. The van der Waals surface area contributed by atoms with Gasteiger partial charge < -0.3 is 10.1 Å². The normalized spacial score (nSPS) is 23.5. The zero-order chi connectivity index (χ0) is 17.6. The molecular weight excluding hydrogens is 340 g/mol. The third-order valence-corrected chi connectivity index (χ3v) is 5.43. The summed E-state index contributed by atoms with van der Waals surface area (Å²) in [5.74, 6) is 0.852. The number of hydrogen-bond acceptors (Lipinski definition) is 4. The van der Waals surface area contributed by atoms with Crippen LogP contribution in [0.2, 0.25) is 5.02 Å². The maximum atomic E-state index is 11.3. The van der Waals surface area contributed by atoms with E-state index in [0.717, 1.165) is 28.3 Å². The van der Waals surface area contributed by atoms with Crippen LogP contribution in [-0.4, -0.2) is 12.0 Å². The summed E-state index contributed by atoms with van der Waals surface area (Å²) in [7, 11) is 1.53. The lowest BCUT2D eigenvalue weighted by Gasteiger charge is -2.38. The van der Waals surface area contributed by atoms with Crippen LogP contribution < -0.4 is 10.1 Å². The van der Waals surface area contributed by atoms with Crippen LogP contribution in [0.4, 0.5) is 11.4 Å². The number of rotatable bonds is 3. The molecule has 0 bridgehead atoms. The number of allylic oxidation sites excluding steroid dienone is 2. The Morgan fingerprint density at radius 1 is 1.28 bits per heavy atom. The maximum Gasteiger partial charge on any atom is 0.273 e. The number of nitrogens with zero attached hydrogens (tertiary/aromatic N) is 1. The predicted molar refractivity (Wildman–Crippen MR) is 97.5 cm³/mol. The minimum atomic E-state index is -0.378. The van der Waals surface area contributed by atoms with E-state index in [9.17, 15) is 10.1 Å². The van der Waals surface area contributed by atoms with E-state index >= 15 is 0 Å². The van der Waals surface area contributed by atoms with Crippen LogP contribution in [0.25, 0.3) is 0 Å². The molecule has 6 heteroatoms. The zero-order valence-electron chi connectivity index (χ0n) is 13.6. The van der Waals surface area contributed by atoms with E-state index in [2.05, 4.69) is 17.5 Å². The van der Waals surface area contributed by atoms with E-state index in [-0.39, 0.29) is 28.5 Å². The van der Waals surface area contributed by atoms with Crippen molar-refractivity contribution in [2.75, 3.05) is 12.4 Å². The summed E-state index contributed by atoms with van der Waals surface area (Å²) >= 11 is 6.43. The van der Waals surface area contributed by atoms with Crippen molar-refractivity contribution in [2.45, 2.75) is 18.4 Å². The lowest BCUT2D eigenvalue weighted by atomic mass is 9.76. The molecule has 1 aliphatic heterocycles. The van der Waals surface area contributed by atoms with Crippen molar-refractivity contribution in [1.29, 1.82) is 0 Å². The van der Waals surface area contributed by atoms with Crippen molar-refractivity contribution in [3.8, 4) is 5.75 Å². The van der Waals surface area contributed by atoms with Crippen molar-refractivity contribution >= 4 is 23.0 Å². The molecule has 0 saturated heterocycles. The quantitative estimate of drug-likeness (QED) is 0.473. The second-order valence-corrected chi connectivity index (χ2v) is 6.77.